The molecule has 0 aromatic heterocycles. The van der Waals surface area contributed by atoms with Crippen LogP contribution in [-0.4, -0.2) is 30.4 Å². The fraction of sp³-hybridized carbons (Fsp3) is 0.462. The molecule has 0 aliphatic carbocycles. The Labute approximate surface area is 114 Å². The number of hydrogen-bond donors (Lipinski definition) is 1. The second-order valence-electron chi connectivity index (χ2n) is 4.46. The van der Waals surface area contributed by atoms with Crippen molar-refractivity contribution in [3.63, 3.8) is 0 Å². The SMILES string of the molecule is CNC(=O)C1CCCN1Cc1cccc(F)c1Br. The number of likely N-dealkylation sites (tertiary alicyclic amines) is 1. The Morgan fingerprint density at radius 2 is 2.39 bits per heavy atom. The summed E-state index contributed by atoms with van der Waals surface area (Å²) in [5.41, 5.74) is 0.880. The molecule has 2 rings (SSSR count). The summed E-state index contributed by atoms with van der Waals surface area (Å²) >= 11 is 3.26. The summed E-state index contributed by atoms with van der Waals surface area (Å²) < 4.78 is 13.9. The number of hydrogen-bond acceptors (Lipinski definition) is 2. The third-order valence-electron chi connectivity index (χ3n) is 3.32. The van der Waals surface area contributed by atoms with Crippen LogP contribution in [0.25, 0.3) is 0 Å². The standard InChI is InChI=1S/C13H16BrFN2O/c1-16-13(18)11-6-3-7-17(11)8-9-4-2-5-10(15)12(9)14/h2,4-5,11H,3,6-8H2,1H3,(H,16,18). The molecule has 1 amide bonds. The van der Waals surface area contributed by atoms with Crippen molar-refractivity contribution in [3.05, 3.63) is 34.1 Å². The van der Waals surface area contributed by atoms with E-state index in [-0.39, 0.29) is 17.8 Å². The van der Waals surface area contributed by atoms with Gasteiger partial charge in [0.05, 0.1) is 10.5 Å². The number of nitrogens with zero attached hydrogens (tertiary/aromatic N) is 1. The molecule has 18 heavy (non-hydrogen) atoms. The first-order chi connectivity index (χ1) is 8.63. The highest BCUT2D eigenvalue weighted by Gasteiger charge is 2.30. The van der Waals surface area contributed by atoms with Crippen LogP contribution in [0.15, 0.2) is 22.7 Å². The minimum atomic E-state index is -0.261. The van der Waals surface area contributed by atoms with E-state index in [4.69, 9.17) is 0 Å². The van der Waals surface area contributed by atoms with Crippen molar-refractivity contribution in [2.24, 2.45) is 0 Å². The van der Waals surface area contributed by atoms with Gasteiger partial charge >= 0.3 is 0 Å². The van der Waals surface area contributed by atoms with Gasteiger partial charge in [0.25, 0.3) is 0 Å². The van der Waals surface area contributed by atoms with Crippen LogP contribution >= 0.6 is 15.9 Å². The fourth-order valence-electron chi connectivity index (χ4n) is 2.37. The molecule has 1 heterocycles. The van der Waals surface area contributed by atoms with E-state index in [0.29, 0.717) is 11.0 Å². The highest BCUT2D eigenvalue weighted by Crippen LogP contribution is 2.25. The number of rotatable bonds is 3. The van der Waals surface area contributed by atoms with E-state index in [1.54, 1.807) is 13.1 Å². The molecule has 3 nitrogen and oxygen atoms in total. The number of carbonyl (C=O) groups excluding carboxylic acids is 1. The number of benzene rings is 1. The van der Waals surface area contributed by atoms with E-state index in [9.17, 15) is 9.18 Å². The molecule has 0 spiro atoms. The van der Waals surface area contributed by atoms with E-state index in [1.165, 1.54) is 6.07 Å². The van der Waals surface area contributed by atoms with Gasteiger partial charge in [0.2, 0.25) is 5.91 Å². The maximum atomic E-state index is 13.4. The van der Waals surface area contributed by atoms with Gasteiger partial charge in [-0.1, -0.05) is 12.1 Å². The lowest BCUT2D eigenvalue weighted by Crippen LogP contribution is -2.41. The van der Waals surface area contributed by atoms with Crippen LogP contribution in [0.5, 0.6) is 0 Å². The molecule has 1 saturated heterocycles. The summed E-state index contributed by atoms with van der Waals surface area (Å²) in [4.78, 5) is 13.8. The summed E-state index contributed by atoms with van der Waals surface area (Å²) in [6.45, 7) is 1.47. The summed E-state index contributed by atoms with van der Waals surface area (Å²) in [7, 11) is 1.65. The van der Waals surface area contributed by atoms with Crippen LogP contribution in [0.4, 0.5) is 4.39 Å². The molecule has 98 valence electrons. The lowest BCUT2D eigenvalue weighted by Gasteiger charge is -2.23. The summed E-state index contributed by atoms with van der Waals surface area (Å²) in [6, 6.07) is 4.91. The second-order valence-corrected chi connectivity index (χ2v) is 5.25. The molecule has 5 heteroatoms. The lowest BCUT2D eigenvalue weighted by atomic mass is 10.1. The molecule has 1 N–H and O–H groups in total. The van der Waals surface area contributed by atoms with Crippen LogP contribution in [0.1, 0.15) is 18.4 Å². The summed E-state index contributed by atoms with van der Waals surface area (Å²) in [6.07, 6.45) is 1.87. The van der Waals surface area contributed by atoms with E-state index in [1.807, 2.05) is 6.07 Å². The predicted molar refractivity (Wildman–Crippen MR) is 71.6 cm³/mol. The Morgan fingerprint density at radius 3 is 3.11 bits per heavy atom. The van der Waals surface area contributed by atoms with Crippen LogP contribution < -0.4 is 5.32 Å². The molecule has 1 aliphatic rings. The van der Waals surface area contributed by atoms with Crippen molar-refractivity contribution < 1.29 is 9.18 Å². The second kappa shape index (κ2) is 5.80. The van der Waals surface area contributed by atoms with Gasteiger partial charge in [0.1, 0.15) is 5.82 Å². The van der Waals surface area contributed by atoms with Crippen LogP contribution in [0, 0.1) is 5.82 Å². The van der Waals surface area contributed by atoms with Gasteiger partial charge in [-0.3, -0.25) is 9.69 Å². The molecule has 1 aliphatic heterocycles. The Balaban J connectivity index is 2.13. The van der Waals surface area contributed by atoms with Gasteiger partial charge < -0.3 is 5.32 Å². The fourth-order valence-corrected chi connectivity index (χ4v) is 2.76. The smallest absolute Gasteiger partial charge is 0.237 e. The number of likely N-dealkylation sites (N-methyl/N-ethyl adjacent to an activating group) is 1. The molecular formula is C13H16BrFN2O. The maximum absolute atomic E-state index is 13.4. The largest absolute Gasteiger partial charge is 0.358 e. The Bertz CT molecular complexity index is 453. The average Bonchev–Trinajstić information content (AvgIpc) is 2.82. The molecular weight excluding hydrogens is 299 g/mol. The molecule has 1 aromatic rings. The Morgan fingerprint density at radius 1 is 1.61 bits per heavy atom. The minimum absolute atomic E-state index is 0.0417. The number of nitrogens with one attached hydrogen (secondary N) is 1. The first-order valence-electron chi connectivity index (χ1n) is 6.02. The highest BCUT2D eigenvalue weighted by atomic mass is 79.9. The molecule has 0 saturated carbocycles. The van der Waals surface area contributed by atoms with Gasteiger partial charge in [-0.05, 0) is 46.9 Å². The van der Waals surface area contributed by atoms with Gasteiger partial charge in [0.15, 0.2) is 0 Å². The van der Waals surface area contributed by atoms with Crippen molar-refractivity contribution in [3.8, 4) is 0 Å². The van der Waals surface area contributed by atoms with Crippen LogP contribution in [0.2, 0.25) is 0 Å². The van der Waals surface area contributed by atoms with E-state index in [0.717, 1.165) is 24.9 Å². The lowest BCUT2D eigenvalue weighted by molar-refractivity contribution is -0.125. The van der Waals surface area contributed by atoms with Crippen molar-refractivity contribution in [2.75, 3.05) is 13.6 Å². The highest BCUT2D eigenvalue weighted by molar-refractivity contribution is 9.10. The molecule has 1 unspecified atom stereocenters. The summed E-state index contributed by atoms with van der Waals surface area (Å²) in [5, 5.41) is 2.68. The Hall–Kier alpha value is -0.940. The van der Waals surface area contributed by atoms with Gasteiger partial charge in [0, 0.05) is 13.6 Å². The van der Waals surface area contributed by atoms with E-state index >= 15 is 0 Å². The number of amides is 1. The molecule has 0 bridgehead atoms. The van der Waals surface area contributed by atoms with Crippen LogP contribution in [0.3, 0.4) is 0 Å². The zero-order chi connectivity index (χ0) is 13.1. The number of halogens is 2. The molecule has 1 atom stereocenters. The van der Waals surface area contributed by atoms with Crippen molar-refractivity contribution >= 4 is 21.8 Å². The van der Waals surface area contributed by atoms with Crippen LogP contribution in [-0.2, 0) is 11.3 Å². The van der Waals surface area contributed by atoms with Gasteiger partial charge in [-0.25, -0.2) is 4.39 Å². The van der Waals surface area contributed by atoms with E-state index in [2.05, 4.69) is 26.1 Å². The zero-order valence-corrected chi connectivity index (χ0v) is 11.8. The molecule has 0 radical (unpaired) electrons. The third kappa shape index (κ3) is 2.72. The quantitative estimate of drug-likeness (QED) is 0.928. The first-order valence-corrected chi connectivity index (χ1v) is 6.81. The topological polar surface area (TPSA) is 32.3 Å². The first kappa shape index (κ1) is 13.5. The monoisotopic (exact) mass is 314 g/mol. The van der Waals surface area contributed by atoms with Crippen molar-refractivity contribution in [1.29, 1.82) is 0 Å². The van der Waals surface area contributed by atoms with Gasteiger partial charge in [-0.2, -0.15) is 0 Å². The zero-order valence-electron chi connectivity index (χ0n) is 10.2. The average molecular weight is 315 g/mol. The van der Waals surface area contributed by atoms with Crippen molar-refractivity contribution in [2.45, 2.75) is 25.4 Å². The number of carbonyl (C=O) groups is 1. The normalized spacial score (nSPS) is 20.1. The van der Waals surface area contributed by atoms with Gasteiger partial charge in [-0.15, -0.1) is 0 Å². The Kier molecular flexibility index (Phi) is 4.35. The van der Waals surface area contributed by atoms with Crippen molar-refractivity contribution in [1.82, 2.24) is 10.2 Å². The third-order valence-corrected chi connectivity index (χ3v) is 4.21. The maximum Gasteiger partial charge on any atom is 0.237 e. The summed E-state index contributed by atoms with van der Waals surface area (Å²) in [5.74, 6) is -0.219. The van der Waals surface area contributed by atoms with E-state index < -0.39 is 0 Å². The minimum Gasteiger partial charge on any atom is -0.358 e. The molecule has 1 aromatic carbocycles. The predicted octanol–water partition coefficient (Wildman–Crippen LogP) is 2.30. The molecule has 1 fully saturated rings.